The molecule has 2 heterocycles. The van der Waals surface area contributed by atoms with Gasteiger partial charge in [0.25, 0.3) is 0 Å². The second-order valence-electron chi connectivity index (χ2n) is 6.83. The molecular formula is C20H21ClN6OS. The molecule has 3 aromatic rings. The third kappa shape index (κ3) is 4.38. The van der Waals surface area contributed by atoms with Gasteiger partial charge in [0.2, 0.25) is 11.1 Å². The highest BCUT2D eigenvalue weighted by atomic mass is 35.5. The lowest BCUT2D eigenvalue weighted by Crippen LogP contribution is -2.22. The molecule has 29 heavy (non-hydrogen) atoms. The molecule has 1 saturated heterocycles. The van der Waals surface area contributed by atoms with Gasteiger partial charge >= 0.3 is 0 Å². The van der Waals surface area contributed by atoms with Crippen molar-refractivity contribution >= 4 is 40.6 Å². The second kappa shape index (κ2) is 8.84. The van der Waals surface area contributed by atoms with E-state index in [9.17, 15) is 4.79 Å². The summed E-state index contributed by atoms with van der Waals surface area (Å²) in [5.74, 6) is 0.0649. The summed E-state index contributed by atoms with van der Waals surface area (Å²) in [7, 11) is 0. The minimum absolute atomic E-state index is 0.128. The van der Waals surface area contributed by atoms with Gasteiger partial charge in [-0.3, -0.25) is 4.79 Å². The molecule has 0 radical (unpaired) electrons. The van der Waals surface area contributed by atoms with E-state index in [-0.39, 0.29) is 11.7 Å². The molecule has 1 fully saturated rings. The Balaban J connectivity index is 1.46. The molecule has 150 valence electrons. The minimum atomic E-state index is -0.128. The maximum absolute atomic E-state index is 12.6. The van der Waals surface area contributed by atoms with E-state index in [1.54, 1.807) is 4.68 Å². The van der Waals surface area contributed by atoms with Crippen LogP contribution in [0.15, 0.2) is 47.6 Å². The number of rotatable bonds is 6. The number of anilines is 2. The molecule has 0 aliphatic carbocycles. The van der Waals surface area contributed by atoms with Crippen LogP contribution in [-0.2, 0) is 4.79 Å². The van der Waals surface area contributed by atoms with E-state index in [4.69, 9.17) is 11.6 Å². The number of hydrogen-bond donors (Lipinski definition) is 1. The third-order valence-electron chi connectivity index (χ3n) is 4.80. The second-order valence-corrected chi connectivity index (χ2v) is 8.18. The molecule has 0 bridgehead atoms. The Hall–Kier alpha value is -2.58. The van der Waals surface area contributed by atoms with Crippen molar-refractivity contribution in [2.24, 2.45) is 0 Å². The number of para-hydroxylation sites is 2. The van der Waals surface area contributed by atoms with Crippen LogP contribution in [-0.4, -0.2) is 45.0 Å². The summed E-state index contributed by atoms with van der Waals surface area (Å²) in [6.45, 7) is 3.90. The molecule has 1 N–H and O–H groups in total. The molecular weight excluding hydrogens is 408 g/mol. The zero-order valence-corrected chi connectivity index (χ0v) is 17.6. The van der Waals surface area contributed by atoms with Crippen LogP contribution in [0.1, 0.15) is 18.4 Å². The maximum Gasteiger partial charge on any atom is 0.234 e. The predicted octanol–water partition coefficient (Wildman–Crippen LogP) is 3.96. The predicted molar refractivity (Wildman–Crippen MR) is 116 cm³/mol. The lowest BCUT2D eigenvalue weighted by molar-refractivity contribution is -0.113. The average Bonchev–Trinajstić information content (AvgIpc) is 3.39. The Morgan fingerprint density at radius 2 is 1.97 bits per heavy atom. The van der Waals surface area contributed by atoms with Crippen molar-refractivity contribution in [2.45, 2.75) is 24.9 Å². The van der Waals surface area contributed by atoms with Crippen molar-refractivity contribution in [2.75, 3.05) is 29.1 Å². The highest BCUT2D eigenvalue weighted by Crippen LogP contribution is 2.36. The number of nitrogens with zero attached hydrogens (tertiary/aromatic N) is 5. The van der Waals surface area contributed by atoms with Crippen LogP contribution < -0.4 is 10.2 Å². The van der Waals surface area contributed by atoms with Gasteiger partial charge in [-0.2, -0.15) is 4.68 Å². The highest BCUT2D eigenvalue weighted by molar-refractivity contribution is 7.99. The van der Waals surface area contributed by atoms with Crippen LogP contribution in [0.25, 0.3) is 5.69 Å². The molecule has 2 aromatic carbocycles. The van der Waals surface area contributed by atoms with Crippen LogP contribution in [0.2, 0.25) is 5.02 Å². The van der Waals surface area contributed by atoms with Crippen LogP contribution in [0, 0.1) is 6.92 Å². The Morgan fingerprint density at radius 1 is 1.17 bits per heavy atom. The van der Waals surface area contributed by atoms with Crippen molar-refractivity contribution in [1.82, 2.24) is 20.2 Å². The standard InChI is InChI=1S/C20H21ClN6OS/c1-14-7-2-3-10-17(14)27-20(23-24-25-27)29-13-18(28)22-16-9-6-8-15(21)19(16)26-11-4-5-12-26/h2-3,6-10H,4-5,11-13H2,1H3,(H,22,28). The number of carbonyl (C=O) groups is 1. The fraction of sp³-hybridized carbons (Fsp3) is 0.300. The van der Waals surface area contributed by atoms with E-state index in [1.807, 2.05) is 49.4 Å². The molecule has 0 spiro atoms. The number of halogens is 1. The van der Waals surface area contributed by atoms with Crippen LogP contribution >= 0.6 is 23.4 Å². The van der Waals surface area contributed by atoms with E-state index in [0.717, 1.165) is 48.6 Å². The largest absolute Gasteiger partial charge is 0.369 e. The Bertz CT molecular complexity index is 1020. The number of hydrogen-bond acceptors (Lipinski definition) is 6. The fourth-order valence-corrected chi connectivity index (χ4v) is 4.39. The van der Waals surface area contributed by atoms with Gasteiger partial charge in [0.1, 0.15) is 0 Å². The number of nitrogens with one attached hydrogen (secondary N) is 1. The van der Waals surface area contributed by atoms with Gasteiger partial charge in [-0.15, -0.1) is 5.10 Å². The van der Waals surface area contributed by atoms with Crippen LogP contribution in [0.3, 0.4) is 0 Å². The summed E-state index contributed by atoms with van der Waals surface area (Å²) in [5, 5.41) is 16.1. The summed E-state index contributed by atoms with van der Waals surface area (Å²) < 4.78 is 1.66. The molecule has 9 heteroatoms. The van der Waals surface area contributed by atoms with Crippen molar-refractivity contribution in [1.29, 1.82) is 0 Å². The zero-order chi connectivity index (χ0) is 20.2. The van der Waals surface area contributed by atoms with Crippen LogP contribution in [0.4, 0.5) is 11.4 Å². The quantitative estimate of drug-likeness (QED) is 0.599. The number of amides is 1. The highest BCUT2D eigenvalue weighted by Gasteiger charge is 2.20. The summed E-state index contributed by atoms with van der Waals surface area (Å²) in [6.07, 6.45) is 2.27. The first-order chi connectivity index (χ1) is 14.1. The first-order valence-corrected chi connectivity index (χ1v) is 10.8. The molecule has 0 atom stereocenters. The molecule has 7 nitrogen and oxygen atoms in total. The number of aromatic nitrogens is 4. The van der Waals surface area contributed by atoms with Crippen molar-refractivity contribution in [3.05, 3.63) is 53.1 Å². The summed E-state index contributed by atoms with van der Waals surface area (Å²) in [6, 6.07) is 13.4. The molecule has 4 rings (SSSR count). The number of tetrazole rings is 1. The normalized spacial score (nSPS) is 13.7. The fourth-order valence-electron chi connectivity index (χ4n) is 3.42. The molecule has 0 unspecified atom stereocenters. The first-order valence-electron chi connectivity index (χ1n) is 9.44. The number of carbonyl (C=O) groups excluding carboxylic acids is 1. The lowest BCUT2D eigenvalue weighted by atomic mass is 10.2. The Kier molecular flexibility index (Phi) is 6.01. The van der Waals surface area contributed by atoms with Gasteiger partial charge in [0.05, 0.1) is 27.8 Å². The van der Waals surface area contributed by atoms with Gasteiger partial charge in [-0.25, -0.2) is 0 Å². The molecule has 1 aliphatic rings. The van der Waals surface area contributed by atoms with E-state index in [1.165, 1.54) is 11.8 Å². The summed E-state index contributed by atoms with van der Waals surface area (Å²) in [5.41, 5.74) is 3.59. The topological polar surface area (TPSA) is 75.9 Å². The summed E-state index contributed by atoms with van der Waals surface area (Å²) in [4.78, 5) is 14.9. The number of aryl methyl sites for hydroxylation is 1. The molecule has 1 aliphatic heterocycles. The van der Waals surface area contributed by atoms with E-state index >= 15 is 0 Å². The molecule has 0 saturated carbocycles. The van der Waals surface area contributed by atoms with E-state index in [2.05, 4.69) is 25.7 Å². The van der Waals surface area contributed by atoms with Gasteiger partial charge in [0, 0.05) is 13.1 Å². The minimum Gasteiger partial charge on any atom is -0.369 e. The van der Waals surface area contributed by atoms with Crippen LogP contribution in [0.5, 0.6) is 0 Å². The molecule has 1 aromatic heterocycles. The van der Waals surface area contributed by atoms with E-state index in [0.29, 0.717) is 10.2 Å². The van der Waals surface area contributed by atoms with Crippen molar-refractivity contribution < 1.29 is 4.79 Å². The average molecular weight is 429 g/mol. The monoisotopic (exact) mass is 428 g/mol. The SMILES string of the molecule is Cc1ccccc1-n1nnnc1SCC(=O)Nc1cccc(Cl)c1N1CCCC1. The lowest BCUT2D eigenvalue weighted by Gasteiger charge is -2.22. The van der Waals surface area contributed by atoms with Crippen molar-refractivity contribution in [3.8, 4) is 5.69 Å². The number of benzene rings is 2. The van der Waals surface area contributed by atoms with Gasteiger partial charge in [-0.1, -0.05) is 47.6 Å². The Morgan fingerprint density at radius 3 is 2.76 bits per heavy atom. The third-order valence-corrected chi connectivity index (χ3v) is 6.02. The first kappa shape index (κ1) is 19.7. The zero-order valence-electron chi connectivity index (χ0n) is 16.0. The van der Waals surface area contributed by atoms with Gasteiger partial charge in [-0.05, 0) is 54.0 Å². The van der Waals surface area contributed by atoms with Gasteiger partial charge < -0.3 is 10.2 Å². The van der Waals surface area contributed by atoms with Gasteiger partial charge in [0.15, 0.2) is 0 Å². The summed E-state index contributed by atoms with van der Waals surface area (Å²) >= 11 is 7.72. The molecule has 1 amide bonds. The smallest absolute Gasteiger partial charge is 0.234 e. The maximum atomic E-state index is 12.6. The number of thioether (sulfide) groups is 1. The Labute approximate surface area is 178 Å². The van der Waals surface area contributed by atoms with Crippen molar-refractivity contribution in [3.63, 3.8) is 0 Å². The van der Waals surface area contributed by atoms with E-state index < -0.39 is 0 Å².